The first-order chi connectivity index (χ1) is 5.27. The third kappa shape index (κ3) is 1.70. The lowest BCUT2D eigenvalue weighted by Gasteiger charge is -2.02. The van der Waals surface area contributed by atoms with Gasteiger partial charge in [0.2, 0.25) is 0 Å². The zero-order chi connectivity index (χ0) is 8.27. The van der Waals surface area contributed by atoms with E-state index in [0.29, 0.717) is 17.7 Å². The fourth-order valence-electron chi connectivity index (χ4n) is 0.858. The van der Waals surface area contributed by atoms with Crippen molar-refractivity contribution in [3.8, 4) is 5.75 Å². The van der Waals surface area contributed by atoms with Crippen LogP contribution in [0.5, 0.6) is 5.75 Å². The van der Waals surface area contributed by atoms with E-state index in [-0.39, 0.29) is 5.82 Å². The minimum absolute atomic E-state index is 0.251. The van der Waals surface area contributed by atoms with E-state index >= 15 is 0 Å². The van der Waals surface area contributed by atoms with Gasteiger partial charge in [-0.3, -0.25) is 0 Å². The third-order valence-electron chi connectivity index (χ3n) is 1.53. The van der Waals surface area contributed by atoms with Crippen LogP contribution in [0, 0.1) is 12.7 Å². The molecule has 1 rings (SSSR count). The molecule has 0 bridgehead atoms. The second-order valence-corrected chi connectivity index (χ2v) is 2.21. The quantitative estimate of drug-likeness (QED) is 0.633. The summed E-state index contributed by atoms with van der Waals surface area (Å²) in [7, 11) is 1.51. The molecule has 0 atom stereocenters. The Balaban J connectivity index is 2.99. The average molecular weight is 153 g/mol. The Hall–Kier alpha value is -1.05. The van der Waals surface area contributed by atoms with Crippen LogP contribution in [0.15, 0.2) is 18.2 Å². The van der Waals surface area contributed by atoms with Gasteiger partial charge < -0.3 is 4.74 Å². The van der Waals surface area contributed by atoms with Gasteiger partial charge in [-0.2, -0.15) is 0 Å². The Morgan fingerprint density at radius 2 is 2.27 bits per heavy atom. The molecule has 1 aromatic rings. The average Bonchev–Trinajstić information content (AvgIpc) is 2.04. The molecule has 1 aromatic carbocycles. The SMILES string of the molecule is [CH2]Cc1ccc(OC)cc1F. The number of ether oxygens (including phenoxy) is 1. The number of methoxy groups -OCH3 is 1. The molecule has 11 heavy (non-hydrogen) atoms. The van der Waals surface area contributed by atoms with Gasteiger partial charge in [-0.15, -0.1) is 0 Å². The molecule has 0 aliphatic carbocycles. The van der Waals surface area contributed by atoms with Gasteiger partial charge in [-0.05, 0) is 25.0 Å². The molecule has 0 amide bonds. The van der Waals surface area contributed by atoms with Crippen molar-refractivity contribution in [1.29, 1.82) is 0 Å². The largest absolute Gasteiger partial charge is 0.497 e. The van der Waals surface area contributed by atoms with E-state index in [4.69, 9.17) is 4.74 Å². The maximum absolute atomic E-state index is 12.9. The van der Waals surface area contributed by atoms with Crippen LogP contribution in [0.25, 0.3) is 0 Å². The summed E-state index contributed by atoms with van der Waals surface area (Å²) in [5.74, 6) is 0.291. The van der Waals surface area contributed by atoms with Gasteiger partial charge in [0.25, 0.3) is 0 Å². The van der Waals surface area contributed by atoms with Crippen molar-refractivity contribution in [1.82, 2.24) is 0 Å². The molecule has 59 valence electrons. The smallest absolute Gasteiger partial charge is 0.130 e. The highest BCUT2D eigenvalue weighted by Gasteiger charge is 2.00. The number of hydrogen-bond donors (Lipinski definition) is 0. The topological polar surface area (TPSA) is 9.23 Å². The van der Waals surface area contributed by atoms with Crippen LogP contribution in [0.4, 0.5) is 4.39 Å². The highest BCUT2D eigenvalue weighted by atomic mass is 19.1. The lowest BCUT2D eigenvalue weighted by molar-refractivity contribution is 0.411. The highest BCUT2D eigenvalue weighted by Crippen LogP contribution is 2.15. The Bertz CT molecular complexity index is 245. The zero-order valence-corrected chi connectivity index (χ0v) is 6.43. The summed E-state index contributed by atoms with van der Waals surface area (Å²) in [6.07, 6.45) is 0.468. The summed E-state index contributed by atoms with van der Waals surface area (Å²) in [5, 5.41) is 0. The van der Waals surface area contributed by atoms with E-state index < -0.39 is 0 Å². The Morgan fingerprint density at radius 3 is 2.73 bits per heavy atom. The first-order valence-electron chi connectivity index (χ1n) is 3.39. The molecular formula is C9H10FO. The van der Waals surface area contributed by atoms with E-state index in [2.05, 4.69) is 6.92 Å². The van der Waals surface area contributed by atoms with Gasteiger partial charge in [0.1, 0.15) is 11.6 Å². The van der Waals surface area contributed by atoms with Crippen molar-refractivity contribution in [3.05, 3.63) is 36.5 Å². The zero-order valence-electron chi connectivity index (χ0n) is 6.43. The first kappa shape index (κ1) is 8.05. The Labute approximate surface area is 65.8 Å². The summed E-state index contributed by atoms with van der Waals surface area (Å²) in [6, 6.07) is 4.77. The van der Waals surface area contributed by atoms with Gasteiger partial charge in [0.05, 0.1) is 7.11 Å². The molecule has 0 aromatic heterocycles. The Morgan fingerprint density at radius 1 is 1.55 bits per heavy atom. The van der Waals surface area contributed by atoms with Crippen molar-refractivity contribution in [3.63, 3.8) is 0 Å². The first-order valence-corrected chi connectivity index (χ1v) is 3.39. The standard InChI is InChI=1S/C9H10FO/c1-3-7-4-5-8(11-2)6-9(7)10/h4-6H,1,3H2,2H3. The minimum atomic E-state index is -0.251. The van der Waals surface area contributed by atoms with Crippen molar-refractivity contribution < 1.29 is 9.13 Å². The van der Waals surface area contributed by atoms with Crippen LogP contribution in [-0.2, 0) is 6.42 Å². The normalized spacial score (nSPS) is 9.73. The molecule has 0 heterocycles. The van der Waals surface area contributed by atoms with Crippen molar-refractivity contribution in [2.24, 2.45) is 0 Å². The predicted molar refractivity (Wildman–Crippen MR) is 42.0 cm³/mol. The maximum atomic E-state index is 12.9. The molecular weight excluding hydrogens is 143 g/mol. The maximum Gasteiger partial charge on any atom is 0.130 e. The molecule has 0 spiro atoms. The summed E-state index contributed by atoms with van der Waals surface area (Å²) in [5.41, 5.74) is 0.616. The summed E-state index contributed by atoms with van der Waals surface area (Å²) in [4.78, 5) is 0. The van der Waals surface area contributed by atoms with E-state index in [1.54, 1.807) is 12.1 Å². The van der Waals surface area contributed by atoms with Crippen LogP contribution >= 0.6 is 0 Å². The molecule has 0 fully saturated rings. The molecule has 2 heteroatoms. The van der Waals surface area contributed by atoms with Gasteiger partial charge in [0, 0.05) is 6.07 Å². The van der Waals surface area contributed by atoms with Crippen LogP contribution in [0.2, 0.25) is 0 Å². The summed E-state index contributed by atoms with van der Waals surface area (Å²) in [6.45, 7) is 3.59. The molecule has 0 aliphatic rings. The predicted octanol–water partition coefficient (Wildman–Crippen LogP) is 2.21. The molecule has 0 aliphatic heterocycles. The van der Waals surface area contributed by atoms with E-state index in [0.717, 1.165) is 0 Å². The second-order valence-electron chi connectivity index (χ2n) is 2.21. The van der Waals surface area contributed by atoms with E-state index in [1.807, 2.05) is 0 Å². The highest BCUT2D eigenvalue weighted by molar-refractivity contribution is 5.29. The van der Waals surface area contributed by atoms with Crippen molar-refractivity contribution in [2.45, 2.75) is 6.42 Å². The lowest BCUT2D eigenvalue weighted by atomic mass is 10.1. The second kappa shape index (κ2) is 3.37. The van der Waals surface area contributed by atoms with Gasteiger partial charge in [-0.1, -0.05) is 6.07 Å². The molecule has 1 nitrogen and oxygen atoms in total. The molecule has 1 radical (unpaired) electrons. The Kier molecular flexibility index (Phi) is 2.47. The molecule has 0 saturated heterocycles. The van der Waals surface area contributed by atoms with Gasteiger partial charge >= 0.3 is 0 Å². The fraction of sp³-hybridized carbons (Fsp3) is 0.222. The number of rotatable bonds is 2. The van der Waals surface area contributed by atoms with E-state index in [9.17, 15) is 4.39 Å². The number of benzene rings is 1. The molecule has 0 unspecified atom stereocenters. The minimum Gasteiger partial charge on any atom is -0.497 e. The van der Waals surface area contributed by atoms with E-state index in [1.165, 1.54) is 13.2 Å². The van der Waals surface area contributed by atoms with Crippen LogP contribution in [-0.4, -0.2) is 7.11 Å². The molecule has 0 saturated carbocycles. The molecule has 0 N–H and O–H groups in total. The lowest BCUT2D eigenvalue weighted by Crippen LogP contribution is -1.89. The number of hydrogen-bond acceptors (Lipinski definition) is 1. The third-order valence-corrected chi connectivity index (χ3v) is 1.53. The summed E-state index contributed by atoms with van der Waals surface area (Å²) >= 11 is 0. The summed E-state index contributed by atoms with van der Waals surface area (Å²) < 4.78 is 17.8. The van der Waals surface area contributed by atoms with Crippen LogP contribution < -0.4 is 4.74 Å². The van der Waals surface area contributed by atoms with Crippen LogP contribution in [0.1, 0.15) is 5.56 Å². The number of halogens is 1. The fourth-order valence-corrected chi connectivity index (χ4v) is 0.858. The van der Waals surface area contributed by atoms with Gasteiger partial charge in [-0.25, -0.2) is 4.39 Å². The van der Waals surface area contributed by atoms with Crippen molar-refractivity contribution >= 4 is 0 Å². The monoisotopic (exact) mass is 153 g/mol. The van der Waals surface area contributed by atoms with Crippen LogP contribution in [0.3, 0.4) is 0 Å². The van der Waals surface area contributed by atoms with Gasteiger partial charge in [0.15, 0.2) is 0 Å². The van der Waals surface area contributed by atoms with Crippen molar-refractivity contribution in [2.75, 3.05) is 7.11 Å².